The summed E-state index contributed by atoms with van der Waals surface area (Å²) in [6.45, 7) is 0. The Hall–Kier alpha value is -2.71. The number of primary sulfonamides is 1. The molecule has 0 radical (unpaired) electrons. The van der Waals surface area contributed by atoms with Gasteiger partial charge in [-0.2, -0.15) is 0 Å². The summed E-state index contributed by atoms with van der Waals surface area (Å²) in [7, 11) is -3.81. The Morgan fingerprint density at radius 1 is 1.15 bits per heavy atom. The number of aromatic amines is 1. The van der Waals surface area contributed by atoms with Crippen LogP contribution in [0.15, 0.2) is 58.4 Å². The van der Waals surface area contributed by atoms with Crippen molar-refractivity contribution >= 4 is 10.0 Å². The molecule has 1 aliphatic carbocycles. The van der Waals surface area contributed by atoms with Crippen molar-refractivity contribution in [1.82, 2.24) is 14.8 Å². The van der Waals surface area contributed by atoms with Crippen molar-refractivity contribution in [3.8, 4) is 5.82 Å². The predicted molar refractivity (Wildman–Crippen MR) is 96.8 cm³/mol. The van der Waals surface area contributed by atoms with Gasteiger partial charge in [0.1, 0.15) is 0 Å². The van der Waals surface area contributed by atoms with Crippen molar-refractivity contribution in [2.75, 3.05) is 0 Å². The number of nitrogens with two attached hydrogens (primary N) is 1. The van der Waals surface area contributed by atoms with Gasteiger partial charge < -0.3 is 0 Å². The second-order valence-electron chi connectivity index (χ2n) is 6.42. The van der Waals surface area contributed by atoms with E-state index in [2.05, 4.69) is 10.1 Å². The van der Waals surface area contributed by atoms with Crippen LogP contribution in [0, 0.1) is 0 Å². The first-order chi connectivity index (χ1) is 12.4. The molecule has 0 amide bonds. The first-order valence-corrected chi connectivity index (χ1v) is 9.85. The van der Waals surface area contributed by atoms with E-state index in [-0.39, 0.29) is 16.4 Å². The molecule has 0 saturated heterocycles. The van der Waals surface area contributed by atoms with Crippen molar-refractivity contribution < 1.29 is 8.42 Å². The van der Waals surface area contributed by atoms with Gasteiger partial charge in [-0.25, -0.2) is 23.2 Å². The summed E-state index contributed by atoms with van der Waals surface area (Å²) < 4.78 is 25.2. The summed E-state index contributed by atoms with van der Waals surface area (Å²) in [5, 5.41) is 8.49. The summed E-state index contributed by atoms with van der Waals surface area (Å²) in [5.41, 5.74) is 2.09. The molecule has 3 N–H and O–H groups in total. The predicted octanol–water partition coefficient (Wildman–Crippen LogP) is 1.48. The third-order valence-corrected chi connectivity index (χ3v) is 5.79. The Labute approximate surface area is 150 Å². The number of aromatic nitrogens is 3. The van der Waals surface area contributed by atoms with E-state index < -0.39 is 10.0 Å². The SMILES string of the molecule is NS(=O)(=O)c1ccccc1C1CCc2[nH]n(-c3ccccn3)c(=O)c2C1. The van der Waals surface area contributed by atoms with Crippen molar-refractivity contribution in [1.29, 1.82) is 0 Å². The van der Waals surface area contributed by atoms with E-state index in [1.165, 1.54) is 10.7 Å². The molecule has 3 aromatic rings. The Morgan fingerprint density at radius 2 is 1.92 bits per heavy atom. The first kappa shape index (κ1) is 16.7. The molecule has 1 aliphatic rings. The number of aryl methyl sites for hydroxylation is 1. The largest absolute Gasteiger partial charge is 0.293 e. The fourth-order valence-electron chi connectivity index (χ4n) is 3.59. The maximum atomic E-state index is 12.8. The zero-order valence-electron chi connectivity index (χ0n) is 13.9. The fraction of sp³-hybridized carbons (Fsp3) is 0.222. The Morgan fingerprint density at radius 3 is 2.65 bits per heavy atom. The van der Waals surface area contributed by atoms with Crippen LogP contribution >= 0.6 is 0 Å². The van der Waals surface area contributed by atoms with Gasteiger partial charge in [0.25, 0.3) is 5.56 Å². The molecule has 1 aromatic carbocycles. The monoisotopic (exact) mass is 370 g/mol. The van der Waals surface area contributed by atoms with Crippen LogP contribution in [0.5, 0.6) is 0 Å². The normalized spacial score (nSPS) is 17.0. The third kappa shape index (κ3) is 2.87. The highest BCUT2D eigenvalue weighted by Gasteiger charge is 2.28. The average molecular weight is 370 g/mol. The molecule has 0 fully saturated rings. The zero-order chi connectivity index (χ0) is 18.3. The summed E-state index contributed by atoms with van der Waals surface area (Å²) in [6, 6.07) is 12.1. The van der Waals surface area contributed by atoms with Gasteiger partial charge >= 0.3 is 0 Å². The standard InChI is InChI=1S/C18H18N4O3S/c19-26(24,25)16-6-2-1-5-13(16)12-8-9-15-14(11-12)18(23)22(21-15)17-7-3-4-10-20-17/h1-7,10,12,21H,8-9,11H2,(H2,19,24,25). The molecule has 134 valence electrons. The van der Waals surface area contributed by atoms with Gasteiger partial charge in [-0.15, -0.1) is 0 Å². The molecule has 0 saturated carbocycles. The lowest BCUT2D eigenvalue weighted by Gasteiger charge is -2.23. The molecule has 4 rings (SSSR count). The van der Waals surface area contributed by atoms with Gasteiger partial charge in [-0.3, -0.25) is 9.89 Å². The van der Waals surface area contributed by atoms with Gasteiger partial charge in [0.2, 0.25) is 10.0 Å². The van der Waals surface area contributed by atoms with Crippen molar-refractivity contribution in [3.05, 3.63) is 75.8 Å². The van der Waals surface area contributed by atoms with Crippen LogP contribution in [0.1, 0.15) is 29.2 Å². The van der Waals surface area contributed by atoms with E-state index >= 15 is 0 Å². The molecule has 1 unspecified atom stereocenters. The molecule has 7 nitrogen and oxygen atoms in total. The highest BCUT2D eigenvalue weighted by molar-refractivity contribution is 7.89. The average Bonchev–Trinajstić information content (AvgIpc) is 2.98. The number of nitrogens with zero attached hydrogens (tertiary/aromatic N) is 2. The maximum Gasteiger partial charge on any atom is 0.276 e. The van der Waals surface area contributed by atoms with E-state index in [0.717, 1.165) is 12.1 Å². The summed E-state index contributed by atoms with van der Waals surface area (Å²) in [5.74, 6) is 0.464. The lowest BCUT2D eigenvalue weighted by Crippen LogP contribution is -2.23. The van der Waals surface area contributed by atoms with Crippen molar-refractivity contribution in [2.45, 2.75) is 30.1 Å². The number of hydrogen-bond donors (Lipinski definition) is 2. The van der Waals surface area contributed by atoms with E-state index in [9.17, 15) is 13.2 Å². The van der Waals surface area contributed by atoms with Gasteiger partial charge in [-0.1, -0.05) is 24.3 Å². The van der Waals surface area contributed by atoms with Crippen LogP contribution in [-0.2, 0) is 22.9 Å². The molecule has 0 spiro atoms. The lowest BCUT2D eigenvalue weighted by atomic mass is 9.83. The van der Waals surface area contributed by atoms with Crippen LogP contribution in [0.2, 0.25) is 0 Å². The second kappa shape index (κ2) is 6.22. The topological polar surface area (TPSA) is 111 Å². The third-order valence-electron chi connectivity index (χ3n) is 4.81. The minimum atomic E-state index is -3.81. The van der Waals surface area contributed by atoms with Gasteiger partial charge in [0.05, 0.1) is 4.90 Å². The molecule has 0 bridgehead atoms. The Balaban J connectivity index is 1.74. The van der Waals surface area contributed by atoms with Gasteiger partial charge in [-0.05, 0) is 48.9 Å². The van der Waals surface area contributed by atoms with Crippen LogP contribution in [0.25, 0.3) is 5.82 Å². The van der Waals surface area contributed by atoms with Crippen molar-refractivity contribution in [3.63, 3.8) is 0 Å². The minimum absolute atomic E-state index is 0.0716. The molecule has 2 heterocycles. The Bertz CT molecular complexity index is 1120. The number of pyridine rings is 1. The van der Waals surface area contributed by atoms with Crippen LogP contribution < -0.4 is 10.7 Å². The molecular formula is C18H18N4O3S. The molecule has 2 aromatic heterocycles. The highest BCUT2D eigenvalue weighted by Crippen LogP contribution is 2.34. The molecular weight excluding hydrogens is 352 g/mol. The quantitative estimate of drug-likeness (QED) is 0.727. The second-order valence-corrected chi connectivity index (χ2v) is 7.95. The van der Waals surface area contributed by atoms with E-state index in [0.29, 0.717) is 29.8 Å². The van der Waals surface area contributed by atoms with Crippen LogP contribution in [0.4, 0.5) is 0 Å². The van der Waals surface area contributed by atoms with Crippen LogP contribution in [-0.4, -0.2) is 23.2 Å². The first-order valence-electron chi connectivity index (χ1n) is 8.31. The van der Waals surface area contributed by atoms with Crippen LogP contribution in [0.3, 0.4) is 0 Å². The molecule has 1 atom stereocenters. The van der Waals surface area contributed by atoms with E-state index in [1.54, 1.807) is 36.5 Å². The highest BCUT2D eigenvalue weighted by atomic mass is 32.2. The van der Waals surface area contributed by atoms with E-state index in [4.69, 9.17) is 5.14 Å². The summed E-state index contributed by atoms with van der Waals surface area (Å²) >= 11 is 0. The minimum Gasteiger partial charge on any atom is -0.293 e. The number of hydrogen-bond acceptors (Lipinski definition) is 4. The van der Waals surface area contributed by atoms with E-state index in [1.807, 2.05) is 6.07 Å². The Kier molecular flexibility index (Phi) is 4.01. The number of sulfonamides is 1. The lowest BCUT2D eigenvalue weighted by molar-refractivity contribution is 0.561. The smallest absolute Gasteiger partial charge is 0.276 e. The van der Waals surface area contributed by atoms with Gasteiger partial charge in [0, 0.05) is 17.5 Å². The summed E-state index contributed by atoms with van der Waals surface area (Å²) in [4.78, 5) is 17.2. The summed E-state index contributed by atoms with van der Waals surface area (Å²) in [6.07, 6.45) is 3.50. The molecule has 8 heteroatoms. The number of rotatable bonds is 3. The number of H-pyrrole nitrogens is 1. The molecule has 0 aliphatic heterocycles. The maximum absolute atomic E-state index is 12.8. The number of nitrogens with one attached hydrogen (secondary N) is 1. The number of fused-ring (bicyclic) bond motifs is 1. The fourth-order valence-corrected chi connectivity index (χ4v) is 4.42. The van der Waals surface area contributed by atoms with Crippen molar-refractivity contribution in [2.24, 2.45) is 5.14 Å². The zero-order valence-corrected chi connectivity index (χ0v) is 14.7. The molecule has 26 heavy (non-hydrogen) atoms. The number of benzene rings is 1. The van der Waals surface area contributed by atoms with Gasteiger partial charge in [0.15, 0.2) is 5.82 Å².